The van der Waals surface area contributed by atoms with Crippen molar-refractivity contribution in [2.45, 2.75) is 30.0 Å². The van der Waals surface area contributed by atoms with Gasteiger partial charge >= 0.3 is 12.1 Å². The molecule has 0 bridgehead atoms. The first kappa shape index (κ1) is 29.2. The summed E-state index contributed by atoms with van der Waals surface area (Å²) in [6.45, 7) is -1.17. The lowest BCUT2D eigenvalue weighted by molar-refractivity contribution is -0.192. The normalized spacial score (nSPS) is 18.6. The third-order valence-electron chi connectivity index (χ3n) is 6.29. The van der Waals surface area contributed by atoms with Crippen LogP contribution >= 0.6 is 11.8 Å². The van der Waals surface area contributed by atoms with Crippen LogP contribution in [0.4, 0.5) is 18.9 Å². The first-order valence-electron chi connectivity index (χ1n) is 12.4. The number of allylic oxidation sites excluding steroid dienone is 4. The number of hydrogen-bond donors (Lipinski definition) is 2. The highest BCUT2D eigenvalue weighted by atomic mass is 32.2. The van der Waals surface area contributed by atoms with E-state index in [2.05, 4.69) is 9.89 Å². The standard InChI is InChI=1S/C28H27F3N2O6S/c29-28(30,31)17-39-24(27(35)36)15-18-5-8-21(9-6-18)38-12-11-33-23-14-19(7-10-25(23)40-16-26(33)34)13-20-3-1-2-4-22(20)32-37/h1-10,14,20,24,37H,11-13,15-17H2,(H,35,36). The van der Waals surface area contributed by atoms with Crippen molar-refractivity contribution in [1.82, 2.24) is 0 Å². The van der Waals surface area contributed by atoms with Crippen molar-refractivity contribution in [1.29, 1.82) is 0 Å². The van der Waals surface area contributed by atoms with E-state index in [1.807, 2.05) is 36.4 Å². The number of aliphatic carboxylic acids is 1. The Balaban J connectivity index is 1.35. The third kappa shape index (κ3) is 7.89. The Morgan fingerprint density at radius 1 is 1.15 bits per heavy atom. The SMILES string of the molecule is O=C(O)C(Cc1ccc(OCCN2C(=O)CSc3ccc(CC4C=CC=CC4=NO)cc32)cc1)OCC(F)(F)F. The molecule has 40 heavy (non-hydrogen) atoms. The number of carbonyl (C=O) groups is 2. The molecule has 0 spiro atoms. The minimum atomic E-state index is -4.62. The van der Waals surface area contributed by atoms with Gasteiger partial charge in [-0.25, -0.2) is 4.79 Å². The van der Waals surface area contributed by atoms with Gasteiger partial charge in [-0.2, -0.15) is 13.2 Å². The highest BCUT2D eigenvalue weighted by Crippen LogP contribution is 2.36. The number of hydrogen-bond acceptors (Lipinski definition) is 7. The number of ether oxygens (including phenoxy) is 2. The maximum atomic E-state index is 12.8. The zero-order valence-corrected chi connectivity index (χ0v) is 22.0. The Hall–Kier alpha value is -3.77. The minimum Gasteiger partial charge on any atom is -0.492 e. The highest BCUT2D eigenvalue weighted by Gasteiger charge is 2.31. The summed E-state index contributed by atoms with van der Waals surface area (Å²) in [5.41, 5.74) is 2.81. The van der Waals surface area contributed by atoms with Crippen LogP contribution in [0.5, 0.6) is 5.75 Å². The molecule has 0 fully saturated rings. The number of amides is 1. The van der Waals surface area contributed by atoms with Crippen molar-refractivity contribution in [2.24, 2.45) is 11.1 Å². The molecule has 1 amide bonds. The fraction of sp³-hybridized carbons (Fsp3) is 0.321. The first-order valence-corrected chi connectivity index (χ1v) is 13.4. The third-order valence-corrected chi connectivity index (χ3v) is 7.34. The Labute approximate surface area is 232 Å². The second-order valence-corrected chi connectivity index (χ2v) is 10.2. The van der Waals surface area contributed by atoms with Crippen molar-refractivity contribution < 1.29 is 42.5 Å². The van der Waals surface area contributed by atoms with E-state index in [4.69, 9.17) is 9.84 Å². The molecule has 1 heterocycles. The van der Waals surface area contributed by atoms with Crippen LogP contribution in [0.2, 0.25) is 0 Å². The number of fused-ring (bicyclic) bond motifs is 1. The van der Waals surface area contributed by atoms with E-state index >= 15 is 0 Å². The number of carbonyl (C=O) groups excluding carboxylic acids is 1. The van der Waals surface area contributed by atoms with Gasteiger partial charge in [-0.05, 0) is 47.9 Å². The summed E-state index contributed by atoms with van der Waals surface area (Å²) in [6, 6.07) is 12.2. The number of anilines is 1. The van der Waals surface area contributed by atoms with Crippen LogP contribution in [0.1, 0.15) is 11.1 Å². The number of carboxylic acid groups (broad SMARTS) is 1. The molecule has 12 heteroatoms. The van der Waals surface area contributed by atoms with Crippen LogP contribution in [0, 0.1) is 5.92 Å². The molecule has 0 saturated heterocycles. The molecule has 2 aromatic rings. The van der Waals surface area contributed by atoms with Crippen molar-refractivity contribution in [3.8, 4) is 5.75 Å². The molecule has 4 rings (SSSR count). The fourth-order valence-corrected chi connectivity index (χ4v) is 5.25. The minimum absolute atomic E-state index is 0.0507. The predicted octanol–water partition coefficient (Wildman–Crippen LogP) is 4.89. The van der Waals surface area contributed by atoms with Gasteiger partial charge in [0.1, 0.15) is 19.0 Å². The van der Waals surface area contributed by atoms with Gasteiger partial charge in [0.05, 0.1) is 23.7 Å². The number of nitrogens with zero attached hydrogens (tertiary/aromatic N) is 2. The summed E-state index contributed by atoms with van der Waals surface area (Å²) in [5.74, 6) is -0.842. The maximum Gasteiger partial charge on any atom is 0.411 e. The smallest absolute Gasteiger partial charge is 0.411 e. The van der Waals surface area contributed by atoms with Crippen LogP contribution in [-0.2, 0) is 27.2 Å². The second-order valence-electron chi connectivity index (χ2n) is 9.17. The summed E-state index contributed by atoms with van der Waals surface area (Å²) >= 11 is 1.47. The van der Waals surface area contributed by atoms with E-state index in [9.17, 15) is 28.0 Å². The lowest BCUT2D eigenvalue weighted by atomic mass is 9.91. The quantitative estimate of drug-likeness (QED) is 0.290. The predicted molar refractivity (Wildman–Crippen MR) is 143 cm³/mol. The second kappa shape index (κ2) is 13.1. The van der Waals surface area contributed by atoms with Gasteiger partial charge in [0.2, 0.25) is 5.91 Å². The van der Waals surface area contributed by atoms with Crippen LogP contribution in [0.25, 0.3) is 0 Å². The van der Waals surface area contributed by atoms with Gasteiger partial charge in [0.15, 0.2) is 6.10 Å². The summed E-state index contributed by atoms with van der Waals surface area (Å²) < 4.78 is 47.5. The molecule has 1 aliphatic carbocycles. The summed E-state index contributed by atoms with van der Waals surface area (Å²) in [7, 11) is 0. The van der Waals surface area contributed by atoms with E-state index in [0.29, 0.717) is 35.7 Å². The highest BCUT2D eigenvalue weighted by molar-refractivity contribution is 8.00. The van der Waals surface area contributed by atoms with Crippen molar-refractivity contribution in [2.75, 3.05) is 30.4 Å². The average Bonchev–Trinajstić information content (AvgIpc) is 2.92. The number of benzene rings is 2. The molecule has 2 aliphatic rings. The number of alkyl halides is 3. The lowest BCUT2D eigenvalue weighted by Crippen LogP contribution is -2.38. The molecule has 0 aromatic heterocycles. The monoisotopic (exact) mass is 576 g/mol. The Kier molecular flexibility index (Phi) is 9.54. The van der Waals surface area contributed by atoms with Crippen LogP contribution in [0.3, 0.4) is 0 Å². The summed E-state index contributed by atoms with van der Waals surface area (Å²) in [6.07, 6.45) is 1.55. The van der Waals surface area contributed by atoms with Crippen molar-refractivity contribution in [3.63, 3.8) is 0 Å². The number of oxime groups is 1. The van der Waals surface area contributed by atoms with Gasteiger partial charge < -0.3 is 24.7 Å². The molecule has 1 aliphatic heterocycles. The lowest BCUT2D eigenvalue weighted by Gasteiger charge is -2.29. The van der Waals surface area contributed by atoms with Gasteiger partial charge in [-0.1, -0.05) is 41.6 Å². The molecule has 2 aromatic carbocycles. The summed E-state index contributed by atoms with van der Waals surface area (Å²) in [5, 5.41) is 21.8. The van der Waals surface area contributed by atoms with E-state index in [1.165, 1.54) is 11.8 Å². The van der Waals surface area contributed by atoms with Gasteiger partial charge in [0, 0.05) is 17.2 Å². The molecular weight excluding hydrogens is 549 g/mol. The molecule has 212 valence electrons. The average molecular weight is 577 g/mol. The maximum absolute atomic E-state index is 12.8. The van der Waals surface area contributed by atoms with Gasteiger partial charge in [-0.3, -0.25) is 4.79 Å². The first-order chi connectivity index (χ1) is 19.1. The van der Waals surface area contributed by atoms with Crippen LogP contribution in [-0.4, -0.2) is 65.7 Å². The Morgan fingerprint density at radius 3 is 2.60 bits per heavy atom. The van der Waals surface area contributed by atoms with Crippen molar-refractivity contribution in [3.05, 3.63) is 77.9 Å². The Bertz CT molecular complexity index is 1310. The zero-order valence-electron chi connectivity index (χ0n) is 21.2. The number of carboxylic acids is 1. The number of rotatable bonds is 11. The molecule has 2 unspecified atom stereocenters. The van der Waals surface area contributed by atoms with Gasteiger partial charge in [-0.15, -0.1) is 11.8 Å². The molecule has 0 radical (unpaired) electrons. The topological polar surface area (TPSA) is 109 Å². The van der Waals surface area contributed by atoms with Crippen molar-refractivity contribution >= 4 is 35.0 Å². The largest absolute Gasteiger partial charge is 0.492 e. The van der Waals surface area contributed by atoms with Crippen LogP contribution < -0.4 is 9.64 Å². The van der Waals surface area contributed by atoms with E-state index in [0.717, 1.165) is 16.1 Å². The van der Waals surface area contributed by atoms with Crippen LogP contribution in [0.15, 0.2) is 76.8 Å². The molecule has 0 saturated carbocycles. The zero-order chi connectivity index (χ0) is 28.7. The molecule has 8 nitrogen and oxygen atoms in total. The fourth-order valence-electron chi connectivity index (χ4n) is 4.33. The van der Waals surface area contributed by atoms with E-state index < -0.39 is 24.9 Å². The molecule has 2 N–H and O–H groups in total. The van der Waals surface area contributed by atoms with Gasteiger partial charge in [0.25, 0.3) is 0 Å². The molecular formula is C28H27F3N2O6S. The number of thioether (sulfide) groups is 1. The Morgan fingerprint density at radius 2 is 1.90 bits per heavy atom. The van der Waals surface area contributed by atoms with E-state index in [-0.39, 0.29) is 24.9 Å². The van der Waals surface area contributed by atoms with E-state index in [1.54, 1.807) is 35.2 Å². The number of halogens is 3. The summed E-state index contributed by atoms with van der Waals surface area (Å²) in [4.78, 5) is 26.7. The molecule has 2 atom stereocenters.